The number of rotatable bonds is 3. The van der Waals surface area contributed by atoms with Crippen LogP contribution in [0.5, 0.6) is 5.75 Å². The summed E-state index contributed by atoms with van der Waals surface area (Å²) in [5.74, 6) is -0.105. The van der Waals surface area contributed by atoms with Gasteiger partial charge in [-0.1, -0.05) is 33.8 Å². The Balaban J connectivity index is 1.61. The Labute approximate surface area is 178 Å². The highest BCUT2D eigenvalue weighted by Crippen LogP contribution is 2.58. The largest absolute Gasteiger partial charge is 0.488 e. The predicted octanol–water partition coefficient (Wildman–Crippen LogP) is 3.77. The summed E-state index contributed by atoms with van der Waals surface area (Å²) in [6.45, 7) is 8.89. The van der Waals surface area contributed by atoms with E-state index in [-0.39, 0.29) is 17.7 Å². The normalized spacial score (nSPS) is 26.4. The Morgan fingerprint density at radius 2 is 1.94 bits per heavy atom. The zero-order chi connectivity index (χ0) is 22.8. The molecule has 0 radical (unpaired) electrons. The first-order valence-corrected chi connectivity index (χ1v) is 10.1. The van der Waals surface area contributed by atoms with Crippen LogP contribution in [0.2, 0.25) is 0 Å². The molecule has 164 valence electrons. The van der Waals surface area contributed by atoms with E-state index < -0.39 is 34.4 Å². The number of aromatic nitrogens is 1. The van der Waals surface area contributed by atoms with Crippen molar-refractivity contribution in [3.63, 3.8) is 0 Å². The zero-order valence-electron chi connectivity index (χ0n) is 17.7. The molecule has 1 saturated carbocycles. The predicted molar refractivity (Wildman–Crippen MR) is 106 cm³/mol. The zero-order valence-corrected chi connectivity index (χ0v) is 17.7. The molecule has 0 unspecified atom stereocenters. The van der Waals surface area contributed by atoms with E-state index in [9.17, 15) is 18.0 Å². The van der Waals surface area contributed by atoms with Gasteiger partial charge >= 0.3 is 6.18 Å². The van der Waals surface area contributed by atoms with E-state index in [4.69, 9.17) is 10.00 Å². The van der Waals surface area contributed by atoms with Crippen molar-refractivity contribution in [2.75, 3.05) is 13.1 Å². The van der Waals surface area contributed by atoms with Gasteiger partial charge in [0.05, 0.1) is 29.6 Å². The number of aliphatic imine (C=N–C) groups is 1. The number of amides is 1. The van der Waals surface area contributed by atoms with E-state index in [0.717, 1.165) is 24.4 Å². The second-order valence-electron chi connectivity index (χ2n) is 9.39. The van der Waals surface area contributed by atoms with Gasteiger partial charge in [0.1, 0.15) is 17.9 Å². The summed E-state index contributed by atoms with van der Waals surface area (Å²) in [4.78, 5) is 22.9. The molecule has 9 heteroatoms. The SMILES string of the molecule is CC1(C)[C@H](Oc2cnc(C#N)c(C(F)(F)F)c2)C(C)(C)[C@H]1N1CC2=NCCC=C2C1=O. The van der Waals surface area contributed by atoms with Gasteiger partial charge in [0.15, 0.2) is 5.69 Å². The first-order chi connectivity index (χ1) is 14.4. The summed E-state index contributed by atoms with van der Waals surface area (Å²) in [6, 6.07) is 2.11. The minimum atomic E-state index is -4.71. The van der Waals surface area contributed by atoms with Crippen molar-refractivity contribution in [1.29, 1.82) is 5.26 Å². The highest BCUT2D eigenvalue weighted by molar-refractivity contribution is 6.27. The van der Waals surface area contributed by atoms with Crippen molar-refractivity contribution in [2.24, 2.45) is 15.8 Å². The summed E-state index contributed by atoms with van der Waals surface area (Å²) in [7, 11) is 0. The van der Waals surface area contributed by atoms with Gasteiger partial charge in [-0.15, -0.1) is 0 Å². The smallest absolute Gasteiger partial charge is 0.419 e. The van der Waals surface area contributed by atoms with Crippen LogP contribution < -0.4 is 4.74 Å². The van der Waals surface area contributed by atoms with Crippen LogP contribution in [0.15, 0.2) is 28.9 Å². The molecule has 31 heavy (non-hydrogen) atoms. The highest BCUT2D eigenvalue weighted by Gasteiger charge is 2.67. The van der Waals surface area contributed by atoms with E-state index >= 15 is 0 Å². The Hall–Kier alpha value is -2.89. The molecular weight excluding hydrogens is 409 g/mol. The van der Waals surface area contributed by atoms with E-state index in [1.54, 1.807) is 0 Å². The van der Waals surface area contributed by atoms with Crippen molar-refractivity contribution >= 4 is 11.6 Å². The molecule has 1 saturated heterocycles. The van der Waals surface area contributed by atoms with Gasteiger partial charge in [0.2, 0.25) is 0 Å². The van der Waals surface area contributed by atoms with Gasteiger partial charge in [-0.05, 0) is 12.5 Å². The minimum absolute atomic E-state index is 0.0515. The molecule has 0 spiro atoms. The molecule has 1 aliphatic carbocycles. The molecule has 1 amide bonds. The number of dihydropyridines is 1. The number of hydrogen-bond acceptors (Lipinski definition) is 5. The fourth-order valence-corrected chi connectivity index (χ4v) is 5.72. The van der Waals surface area contributed by atoms with Gasteiger partial charge in [-0.2, -0.15) is 18.4 Å². The minimum Gasteiger partial charge on any atom is -0.488 e. The van der Waals surface area contributed by atoms with Gasteiger partial charge in [-0.25, -0.2) is 4.98 Å². The van der Waals surface area contributed by atoms with Crippen molar-refractivity contribution in [3.8, 4) is 11.8 Å². The third-order valence-electron chi connectivity index (χ3n) is 6.50. The number of carbonyl (C=O) groups excluding carboxylic acids is 1. The lowest BCUT2D eigenvalue weighted by atomic mass is 9.49. The number of alkyl halides is 3. The van der Waals surface area contributed by atoms with Crippen molar-refractivity contribution in [1.82, 2.24) is 9.88 Å². The number of carbonyl (C=O) groups is 1. The number of nitriles is 1. The van der Waals surface area contributed by atoms with Crippen LogP contribution in [0, 0.1) is 22.2 Å². The van der Waals surface area contributed by atoms with Crippen LogP contribution >= 0.6 is 0 Å². The number of halogens is 3. The fraction of sp³-hybridized carbons (Fsp3) is 0.545. The first-order valence-electron chi connectivity index (χ1n) is 10.1. The molecule has 0 aromatic carbocycles. The average molecular weight is 432 g/mol. The number of fused-ring (bicyclic) bond motifs is 1. The molecule has 3 heterocycles. The van der Waals surface area contributed by atoms with E-state index in [1.165, 1.54) is 6.07 Å². The molecule has 0 N–H and O–H groups in total. The summed E-state index contributed by atoms with van der Waals surface area (Å²) in [5.41, 5.74) is -1.40. The molecule has 6 nitrogen and oxygen atoms in total. The van der Waals surface area contributed by atoms with Gasteiger partial charge < -0.3 is 9.64 Å². The summed E-state index contributed by atoms with van der Waals surface area (Å²) < 4.78 is 45.9. The molecule has 2 fully saturated rings. The number of hydrogen-bond donors (Lipinski definition) is 0. The molecule has 3 aliphatic rings. The molecule has 4 rings (SSSR count). The van der Waals surface area contributed by atoms with E-state index in [2.05, 4.69) is 9.98 Å². The third-order valence-corrected chi connectivity index (χ3v) is 6.50. The fourth-order valence-electron chi connectivity index (χ4n) is 5.72. The van der Waals surface area contributed by atoms with Crippen LogP contribution in [-0.4, -0.2) is 46.7 Å². The average Bonchev–Trinajstić information content (AvgIpc) is 3.00. The number of ether oxygens (including phenoxy) is 1. The van der Waals surface area contributed by atoms with Gasteiger partial charge in [0.25, 0.3) is 5.91 Å². The van der Waals surface area contributed by atoms with E-state index in [1.807, 2.05) is 38.7 Å². The Morgan fingerprint density at radius 3 is 2.52 bits per heavy atom. The molecule has 0 atom stereocenters. The maximum atomic E-state index is 13.3. The lowest BCUT2D eigenvalue weighted by Crippen LogP contribution is -2.75. The monoisotopic (exact) mass is 432 g/mol. The summed E-state index contributed by atoms with van der Waals surface area (Å²) in [6.07, 6.45) is -1.36. The maximum absolute atomic E-state index is 13.3. The molecule has 0 bridgehead atoms. The number of pyridine rings is 1. The quantitative estimate of drug-likeness (QED) is 0.729. The molecule has 1 aromatic rings. The van der Waals surface area contributed by atoms with Crippen molar-refractivity contribution < 1.29 is 22.7 Å². The lowest BCUT2D eigenvalue weighted by molar-refractivity contribution is -0.206. The number of nitrogens with zero attached hydrogens (tertiary/aromatic N) is 4. The number of likely N-dealkylation sites (tertiary alicyclic amines) is 1. The topological polar surface area (TPSA) is 78.6 Å². The van der Waals surface area contributed by atoms with Crippen molar-refractivity contribution in [2.45, 2.75) is 52.4 Å². The van der Waals surface area contributed by atoms with Crippen LogP contribution in [0.3, 0.4) is 0 Å². The summed E-state index contributed by atoms with van der Waals surface area (Å²) >= 11 is 0. The Kier molecular flexibility index (Phi) is 4.69. The maximum Gasteiger partial charge on any atom is 0.419 e. The van der Waals surface area contributed by atoms with Crippen LogP contribution in [0.1, 0.15) is 45.4 Å². The van der Waals surface area contributed by atoms with Gasteiger partial charge in [0, 0.05) is 23.4 Å². The van der Waals surface area contributed by atoms with Crippen LogP contribution in [-0.2, 0) is 11.0 Å². The van der Waals surface area contributed by atoms with Crippen LogP contribution in [0.4, 0.5) is 13.2 Å². The van der Waals surface area contributed by atoms with Crippen molar-refractivity contribution in [3.05, 3.63) is 35.2 Å². The highest BCUT2D eigenvalue weighted by atomic mass is 19.4. The lowest BCUT2D eigenvalue weighted by Gasteiger charge is -2.65. The standard InChI is InChI=1S/C22H23F3N4O2/c1-20(2)18(29-11-16-13(17(29)30)6-5-7-27-16)21(3,4)19(20)31-12-8-14(22(23,24)25)15(9-26)28-10-12/h6,8,10,18-19H,5,7,11H2,1-4H3/t18-,19-. The molecule has 1 aromatic heterocycles. The second kappa shape index (κ2) is 6.81. The van der Waals surface area contributed by atoms with Gasteiger partial charge in [-0.3, -0.25) is 9.79 Å². The Bertz CT molecular complexity index is 1030. The second-order valence-corrected chi connectivity index (χ2v) is 9.39. The third kappa shape index (κ3) is 3.20. The van der Waals surface area contributed by atoms with Crippen LogP contribution in [0.25, 0.3) is 0 Å². The first kappa shape index (κ1) is 21.3. The molecular formula is C22H23F3N4O2. The molecule has 2 aliphatic heterocycles. The van der Waals surface area contributed by atoms with E-state index in [0.29, 0.717) is 18.7 Å². The summed E-state index contributed by atoms with van der Waals surface area (Å²) in [5, 5.41) is 8.94. The Morgan fingerprint density at radius 1 is 1.26 bits per heavy atom.